The molecule has 0 aliphatic rings. The Morgan fingerprint density at radius 1 is 1.37 bits per heavy atom. The SMILES string of the molecule is CN(Cc1cn[nH]c1)C(=O)c1n[nH]c2ccccc12. The van der Waals surface area contributed by atoms with E-state index in [4.69, 9.17) is 0 Å². The van der Waals surface area contributed by atoms with Gasteiger partial charge in [-0.1, -0.05) is 18.2 Å². The quantitative estimate of drug-likeness (QED) is 0.745. The maximum absolute atomic E-state index is 12.4. The zero-order valence-electron chi connectivity index (χ0n) is 10.4. The number of H-pyrrole nitrogens is 2. The fourth-order valence-corrected chi connectivity index (χ4v) is 2.02. The number of nitrogens with zero attached hydrogens (tertiary/aromatic N) is 3. The smallest absolute Gasteiger partial charge is 0.275 e. The number of para-hydroxylation sites is 1. The lowest BCUT2D eigenvalue weighted by Gasteiger charge is -2.14. The molecule has 0 radical (unpaired) electrons. The molecule has 19 heavy (non-hydrogen) atoms. The van der Waals surface area contributed by atoms with Crippen molar-refractivity contribution in [3.05, 3.63) is 47.9 Å². The van der Waals surface area contributed by atoms with Crippen LogP contribution in [0.5, 0.6) is 0 Å². The minimum atomic E-state index is -0.112. The molecule has 0 atom stereocenters. The minimum absolute atomic E-state index is 0.112. The normalized spacial score (nSPS) is 10.8. The van der Waals surface area contributed by atoms with Crippen molar-refractivity contribution in [2.24, 2.45) is 0 Å². The highest BCUT2D eigenvalue weighted by molar-refractivity contribution is 6.04. The second-order valence-electron chi connectivity index (χ2n) is 4.39. The summed E-state index contributed by atoms with van der Waals surface area (Å²) < 4.78 is 0. The van der Waals surface area contributed by atoms with Gasteiger partial charge in [0, 0.05) is 30.7 Å². The van der Waals surface area contributed by atoms with E-state index in [1.807, 2.05) is 24.3 Å². The van der Waals surface area contributed by atoms with Gasteiger partial charge in [0.15, 0.2) is 5.69 Å². The van der Waals surface area contributed by atoms with Gasteiger partial charge in [-0.15, -0.1) is 0 Å². The first-order valence-electron chi connectivity index (χ1n) is 5.92. The minimum Gasteiger partial charge on any atom is -0.336 e. The molecule has 96 valence electrons. The Balaban J connectivity index is 1.87. The van der Waals surface area contributed by atoms with Gasteiger partial charge in [-0.25, -0.2) is 0 Å². The lowest BCUT2D eigenvalue weighted by Crippen LogP contribution is -2.26. The molecule has 1 aromatic carbocycles. The van der Waals surface area contributed by atoms with E-state index in [2.05, 4.69) is 20.4 Å². The molecule has 0 aliphatic carbocycles. The van der Waals surface area contributed by atoms with Gasteiger partial charge in [0.05, 0.1) is 11.7 Å². The number of aromatic amines is 2. The van der Waals surface area contributed by atoms with E-state index in [0.29, 0.717) is 12.2 Å². The number of rotatable bonds is 3. The molecule has 2 heterocycles. The fraction of sp³-hybridized carbons (Fsp3) is 0.154. The summed E-state index contributed by atoms with van der Waals surface area (Å²) in [5, 5.41) is 14.4. The van der Waals surface area contributed by atoms with Crippen LogP contribution in [0.2, 0.25) is 0 Å². The molecule has 1 amide bonds. The van der Waals surface area contributed by atoms with Crippen molar-refractivity contribution in [1.82, 2.24) is 25.3 Å². The van der Waals surface area contributed by atoms with Gasteiger partial charge in [-0.05, 0) is 6.07 Å². The zero-order chi connectivity index (χ0) is 13.2. The molecule has 0 unspecified atom stereocenters. The van der Waals surface area contributed by atoms with Gasteiger partial charge >= 0.3 is 0 Å². The summed E-state index contributed by atoms with van der Waals surface area (Å²) in [6.07, 6.45) is 3.47. The van der Waals surface area contributed by atoms with Crippen LogP contribution in [0.1, 0.15) is 16.1 Å². The van der Waals surface area contributed by atoms with Crippen molar-refractivity contribution in [2.75, 3.05) is 7.05 Å². The molecule has 2 aromatic heterocycles. The Morgan fingerprint density at radius 2 is 2.21 bits per heavy atom. The third-order valence-electron chi connectivity index (χ3n) is 2.99. The zero-order valence-corrected chi connectivity index (χ0v) is 10.4. The molecule has 0 saturated carbocycles. The first kappa shape index (κ1) is 11.5. The highest BCUT2D eigenvalue weighted by Crippen LogP contribution is 2.17. The number of carbonyl (C=O) groups excluding carboxylic acids is 1. The van der Waals surface area contributed by atoms with Gasteiger partial charge in [0.25, 0.3) is 5.91 Å². The standard InChI is InChI=1S/C13H13N5O/c1-18(8-9-6-14-15-7-9)13(19)12-10-4-2-3-5-11(10)16-17-12/h2-7H,8H2,1H3,(H,14,15)(H,16,17). The maximum Gasteiger partial charge on any atom is 0.275 e. The average molecular weight is 255 g/mol. The first-order chi connectivity index (χ1) is 9.25. The monoisotopic (exact) mass is 255 g/mol. The second kappa shape index (κ2) is 4.56. The van der Waals surface area contributed by atoms with E-state index in [0.717, 1.165) is 16.5 Å². The molecule has 3 rings (SSSR count). The summed E-state index contributed by atoms with van der Waals surface area (Å²) in [6, 6.07) is 7.58. The lowest BCUT2D eigenvalue weighted by molar-refractivity contribution is 0.0781. The van der Waals surface area contributed by atoms with Crippen molar-refractivity contribution >= 4 is 16.8 Å². The fourth-order valence-electron chi connectivity index (χ4n) is 2.02. The van der Waals surface area contributed by atoms with E-state index < -0.39 is 0 Å². The number of fused-ring (bicyclic) bond motifs is 1. The Labute approximate surface area is 109 Å². The summed E-state index contributed by atoms with van der Waals surface area (Å²) in [7, 11) is 1.75. The Bertz CT molecular complexity index is 701. The molecule has 0 aliphatic heterocycles. The second-order valence-corrected chi connectivity index (χ2v) is 4.39. The van der Waals surface area contributed by atoms with E-state index >= 15 is 0 Å². The van der Waals surface area contributed by atoms with Crippen molar-refractivity contribution in [3.63, 3.8) is 0 Å². The third kappa shape index (κ3) is 2.08. The third-order valence-corrected chi connectivity index (χ3v) is 2.99. The van der Waals surface area contributed by atoms with Crippen LogP contribution in [0, 0.1) is 0 Å². The number of aromatic nitrogens is 4. The Hall–Kier alpha value is -2.63. The molecular weight excluding hydrogens is 242 g/mol. The largest absolute Gasteiger partial charge is 0.336 e. The predicted molar refractivity (Wildman–Crippen MR) is 70.5 cm³/mol. The highest BCUT2D eigenvalue weighted by atomic mass is 16.2. The molecule has 0 spiro atoms. The molecule has 0 bridgehead atoms. The van der Waals surface area contributed by atoms with E-state index in [1.54, 1.807) is 24.3 Å². The van der Waals surface area contributed by atoms with Gasteiger partial charge in [0.2, 0.25) is 0 Å². The first-order valence-corrected chi connectivity index (χ1v) is 5.92. The van der Waals surface area contributed by atoms with Crippen LogP contribution in [-0.2, 0) is 6.54 Å². The van der Waals surface area contributed by atoms with Crippen molar-refractivity contribution in [3.8, 4) is 0 Å². The summed E-state index contributed by atoms with van der Waals surface area (Å²) in [4.78, 5) is 14.0. The lowest BCUT2D eigenvalue weighted by atomic mass is 10.2. The molecular formula is C13H13N5O. The molecule has 2 N–H and O–H groups in total. The van der Waals surface area contributed by atoms with Crippen LogP contribution in [0.3, 0.4) is 0 Å². The number of carbonyl (C=O) groups is 1. The number of hydrogen-bond donors (Lipinski definition) is 2. The molecule has 0 saturated heterocycles. The molecule has 6 heteroatoms. The van der Waals surface area contributed by atoms with Crippen LogP contribution in [-0.4, -0.2) is 38.2 Å². The van der Waals surface area contributed by atoms with Crippen molar-refractivity contribution < 1.29 is 4.79 Å². The highest BCUT2D eigenvalue weighted by Gasteiger charge is 2.18. The molecule has 0 fully saturated rings. The summed E-state index contributed by atoms with van der Waals surface area (Å²) in [5.74, 6) is -0.112. The van der Waals surface area contributed by atoms with Gasteiger partial charge in [-0.2, -0.15) is 10.2 Å². The van der Waals surface area contributed by atoms with Gasteiger partial charge in [0.1, 0.15) is 0 Å². The maximum atomic E-state index is 12.4. The van der Waals surface area contributed by atoms with Crippen LogP contribution < -0.4 is 0 Å². The Kier molecular flexibility index (Phi) is 2.75. The summed E-state index contributed by atoms with van der Waals surface area (Å²) in [6.45, 7) is 0.497. The average Bonchev–Trinajstić information content (AvgIpc) is 3.06. The molecule has 6 nitrogen and oxygen atoms in total. The van der Waals surface area contributed by atoms with Crippen LogP contribution in [0.15, 0.2) is 36.7 Å². The topological polar surface area (TPSA) is 77.7 Å². The van der Waals surface area contributed by atoms with Crippen molar-refractivity contribution in [1.29, 1.82) is 0 Å². The predicted octanol–water partition coefficient (Wildman–Crippen LogP) is 1.56. The van der Waals surface area contributed by atoms with Crippen LogP contribution in [0.25, 0.3) is 10.9 Å². The van der Waals surface area contributed by atoms with E-state index in [-0.39, 0.29) is 5.91 Å². The van der Waals surface area contributed by atoms with E-state index in [1.165, 1.54) is 0 Å². The van der Waals surface area contributed by atoms with Gasteiger partial charge in [-0.3, -0.25) is 15.0 Å². The van der Waals surface area contributed by atoms with E-state index in [9.17, 15) is 4.79 Å². The van der Waals surface area contributed by atoms with Crippen LogP contribution >= 0.6 is 0 Å². The molecule has 3 aromatic rings. The summed E-state index contributed by atoms with van der Waals surface area (Å²) >= 11 is 0. The van der Waals surface area contributed by atoms with Crippen LogP contribution in [0.4, 0.5) is 0 Å². The van der Waals surface area contributed by atoms with Crippen molar-refractivity contribution in [2.45, 2.75) is 6.54 Å². The summed E-state index contributed by atoms with van der Waals surface area (Å²) in [5.41, 5.74) is 2.26. The van der Waals surface area contributed by atoms with Gasteiger partial charge < -0.3 is 4.90 Å². The number of nitrogens with one attached hydrogen (secondary N) is 2. The number of benzene rings is 1. The number of amides is 1. The number of hydrogen-bond acceptors (Lipinski definition) is 3. The Morgan fingerprint density at radius 3 is 3.00 bits per heavy atom.